The zero-order chi connectivity index (χ0) is 9.19. The second-order valence-electron chi connectivity index (χ2n) is 5.17. The minimum Gasteiger partial charge on any atom is -0.299 e. The molecule has 0 aromatic heterocycles. The zero-order valence-corrected chi connectivity index (χ0v) is 8.52. The third-order valence-corrected chi connectivity index (χ3v) is 2.54. The maximum atomic E-state index is 11.5. The molecule has 70 valence electrons. The number of rotatable bonds is 1. The van der Waals surface area contributed by atoms with Crippen molar-refractivity contribution in [3.63, 3.8) is 0 Å². The minimum atomic E-state index is 0.317. The van der Waals surface area contributed by atoms with Crippen molar-refractivity contribution in [1.82, 2.24) is 0 Å². The van der Waals surface area contributed by atoms with Gasteiger partial charge in [-0.1, -0.05) is 27.2 Å². The first-order valence-corrected chi connectivity index (χ1v) is 5.02. The lowest BCUT2D eigenvalue weighted by molar-refractivity contribution is -0.125. The van der Waals surface area contributed by atoms with Crippen molar-refractivity contribution in [2.75, 3.05) is 0 Å². The van der Waals surface area contributed by atoms with E-state index in [2.05, 4.69) is 20.8 Å². The SMILES string of the molecule is CC(C)(C)CC1CCCCC1=O. The Morgan fingerprint density at radius 2 is 2.00 bits per heavy atom. The quantitative estimate of drug-likeness (QED) is 0.587. The lowest BCUT2D eigenvalue weighted by Gasteiger charge is -2.27. The molecule has 1 atom stereocenters. The predicted molar refractivity (Wildman–Crippen MR) is 51.0 cm³/mol. The van der Waals surface area contributed by atoms with E-state index in [1.165, 1.54) is 6.42 Å². The molecular weight excluding hydrogens is 148 g/mol. The van der Waals surface area contributed by atoms with Crippen molar-refractivity contribution in [3.8, 4) is 0 Å². The van der Waals surface area contributed by atoms with E-state index in [0.717, 1.165) is 25.7 Å². The van der Waals surface area contributed by atoms with Crippen molar-refractivity contribution in [1.29, 1.82) is 0 Å². The number of carbonyl (C=O) groups is 1. The van der Waals surface area contributed by atoms with Gasteiger partial charge >= 0.3 is 0 Å². The van der Waals surface area contributed by atoms with Crippen LogP contribution < -0.4 is 0 Å². The summed E-state index contributed by atoms with van der Waals surface area (Å²) in [5, 5.41) is 0. The fourth-order valence-corrected chi connectivity index (χ4v) is 2.01. The molecule has 1 fully saturated rings. The van der Waals surface area contributed by atoms with Crippen molar-refractivity contribution in [3.05, 3.63) is 0 Å². The summed E-state index contributed by atoms with van der Waals surface area (Å²) in [7, 11) is 0. The van der Waals surface area contributed by atoms with Crippen LogP contribution >= 0.6 is 0 Å². The molecule has 0 radical (unpaired) electrons. The van der Waals surface area contributed by atoms with E-state index >= 15 is 0 Å². The second kappa shape index (κ2) is 3.59. The molecule has 12 heavy (non-hydrogen) atoms. The van der Waals surface area contributed by atoms with Gasteiger partial charge in [-0.2, -0.15) is 0 Å². The van der Waals surface area contributed by atoms with Gasteiger partial charge in [0.05, 0.1) is 0 Å². The van der Waals surface area contributed by atoms with Crippen LogP contribution in [0.25, 0.3) is 0 Å². The molecule has 1 rings (SSSR count). The highest BCUT2D eigenvalue weighted by molar-refractivity contribution is 5.81. The second-order valence-corrected chi connectivity index (χ2v) is 5.17. The standard InChI is InChI=1S/C11H20O/c1-11(2,3)8-9-6-4-5-7-10(9)12/h9H,4-8H2,1-3H3. The topological polar surface area (TPSA) is 17.1 Å². The van der Waals surface area contributed by atoms with E-state index in [4.69, 9.17) is 0 Å². The van der Waals surface area contributed by atoms with Crippen LogP contribution in [-0.2, 0) is 4.79 Å². The van der Waals surface area contributed by atoms with Crippen LogP contribution in [-0.4, -0.2) is 5.78 Å². The molecule has 0 aromatic carbocycles. The van der Waals surface area contributed by atoms with Crippen LogP contribution in [0.3, 0.4) is 0 Å². The van der Waals surface area contributed by atoms with Crippen molar-refractivity contribution >= 4 is 5.78 Å². The molecule has 1 unspecified atom stereocenters. The molecule has 0 aromatic rings. The Morgan fingerprint density at radius 1 is 1.33 bits per heavy atom. The van der Waals surface area contributed by atoms with Crippen LogP contribution in [0.15, 0.2) is 0 Å². The van der Waals surface area contributed by atoms with Crippen molar-refractivity contribution < 1.29 is 4.79 Å². The van der Waals surface area contributed by atoms with E-state index in [1.54, 1.807) is 0 Å². The lowest BCUT2D eigenvalue weighted by Crippen LogP contribution is -2.24. The van der Waals surface area contributed by atoms with Gasteiger partial charge in [0.1, 0.15) is 5.78 Å². The van der Waals surface area contributed by atoms with Gasteiger partial charge in [-0.15, -0.1) is 0 Å². The Kier molecular flexibility index (Phi) is 2.92. The summed E-state index contributed by atoms with van der Waals surface area (Å²) in [5.41, 5.74) is 0.317. The van der Waals surface area contributed by atoms with E-state index in [9.17, 15) is 4.79 Å². The molecule has 1 nitrogen and oxygen atoms in total. The molecule has 0 aliphatic heterocycles. The van der Waals surface area contributed by atoms with Gasteiger partial charge in [0.25, 0.3) is 0 Å². The monoisotopic (exact) mass is 168 g/mol. The Hall–Kier alpha value is -0.330. The summed E-state index contributed by atoms with van der Waals surface area (Å²) in [6, 6.07) is 0. The van der Waals surface area contributed by atoms with Crippen LogP contribution in [0.5, 0.6) is 0 Å². The van der Waals surface area contributed by atoms with Crippen molar-refractivity contribution in [2.45, 2.75) is 52.9 Å². The fourth-order valence-electron chi connectivity index (χ4n) is 2.01. The third-order valence-electron chi connectivity index (χ3n) is 2.54. The first-order valence-electron chi connectivity index (χ1n) is 5.02. The van der Waals surface area contributed by atoms with Crippen LogP contribution in [0.1, 0.15) is 52.9 Å². The molecule has 1 aliphatic rings. The largest absolute Gasteiger partial charge is 0.299 e. The van der Waals surface area contributed by atoms with Gasteiger partial charge in [0.2, 0.25) is 0 Å². The molecule has 0 bridgehead atoms. The number of ketones is 1. The average molecular weight is 168 g/mol. The third kappa shape index (κ3) is 2.96. The van der Waals surface area contributed by atoms with Crippen molar-refractivity contribution in [2.24, 2.45) is 11.3 Å². The van der Waals surface area contributed by atoms with Gasteiger partial charge in [0, 0.05) is 12.3 Å². The number of hydrogen-bond acceptors (Lipinski definition) is 1. The average Bonchev–Trinajstić information content (AvgIpc) is 1.91. The van der Waals surface area contributed by atoms with E-state index in [0.29, 0.717) is 17.1 Å². The molecule has 0 spiro atoms. The van der Waals surface area contributed by atoms with E-state index in [1.807, 2.05) is 0 Å². The van der Waals surface area contributed by atoms with Gasteiger partial charge < -0.3 is 0 Å². The Balaban J connectivity index is 2.45. The minimum absolute atomic E-state index is 0.317. The number of Topliss-reactive ketones (excluding diaryl/α,β-unsaturated/α-hetero) is 1. The normalized spacial score (nSPS) is 25.9. The van der Waals surface area contributed by atoms with Crippen LogP contribution in [0.2, 0.25) is 0 Å². The summed E-state index contributed by atoms with van der Waals surface area (Å²) in [5.74, 6) is 0.884. The first kappa shape index (κ1) is 9.76. The highest BCUT2D eigenvalue weighted by atomic mass is 16.1. The van der Waals surface area contributed by atoms with E-state index in [-0.39, 0.29) is 0 Å². The Morgan fingerprint density at radius 3 is 2.50 bits per heavy atom. The lowest BCUT2D eigenvalue weighted by atomic mass is 9.77. The van der Waals surface area contributed by atoms with Gasteiger partial charge in [-0.05, 0) is 24.7 Å². The van der Waals surface area contributed by atoms with E-state index < -0.39 is 0 Å². The molecule has 0 amide bonds. The highest BCUT2D eigenvalue weighted by Gasteiger charge is 2.26. The maximum absolute atomic E-state index is 11.5. The first-order chi connectivity index (χ1) is 5.49. The molecule has 0 saturated heterocycles. The summed E-state index contributed by atoms with van der Waals surface area (Å²) in [6.45, 7) is 6.65. The summed E-state index contributed by atoms with van der Waals surface area (Å²) < 4.78 is 0. The molecule has 0 N–H and O–H groups in total. The number of carbonyl (C=O) groups excluding carboxylic acids is 1. The van der Waals surface area contributed by atoms with Gasteiger partial charge in [-0.25, -0.2) is 0 Å². The summed E-state index contributed by atoms with van der Waals surface area (Å²) in [6.07, 6.45) is 5.43. The maximum Gasteiger partial charge on any atom is 0.135 e. The predicted octanol–water partition coefficient (Wildman–Crippen LogP) is 3.18. The molecule has 0 heterocycles. The van der Waals surface area contributed by atoms with Gasteiger partial charge in [-0.3, -0.25) is 4.79 Å². The zero-order valence-electron chi connectivity index (χ0n) is 8.52. The van der Waals surface area contributed by atoms with Crippen LogP contribution in [0.4, 0.5) is 0 Å². The molecular formula is C11H20O. The smallest absolute Gasteiger partial charge is 0.135 e. The molecule has 1 saturated carbocycles. The fraction of sp³-hybridized carbons (Fsp3) is 0.909. The highest BCUT2D eigenvalue weighted by Crippen LogP contribution is 2.31. The Bertz CT molecular complexity index is 164. The Labute approximate surface area is 75.5 Å². The summed E-state index contributed by atoms with van der Waals surface area (Å²) >= 11 is 0. The summed E-state index contributed by atoms with van der Waals surface area (Å²) in [4.78, 5) is 11.5. The molecule has 1 aliphatic carbocycles. The number of hydrogen-bond donors (Lipinski definition) is 0. The van der Waals surface area contributed by atoms with Gasteiger partial charge in [0.15, 0.2) is 0 Å². The molecule has 1 heteroatoms. The van der Waals surface area contributed by atoms with Crippen LogP contribution in [0, 0.1) is 11.3 Å².